The molecule has 2 aromatic heterocycles. The third-order valence-corrected chi connectivity index (χ3v) is 4.60. The van der Waals surface area contributed by atoms with E-state index in [1.165, 1.54) is 35.3 Å². The van der Waals surface area contributed by atoms with Crippen molar-refractivity contribution in [2.75, 3.05) is 0 Å². The molecule has 0 spiro atoms. The van der Waals surface area contributed by atoms with Gasteiger partial charge in [0, 0.05) is 18.0 Å². The molecule has 1 atom stereocenters. The normalized spacial score (nSPS) is 12.2. The van der Waals surface area contributed by atoms with Crippen LogP contribution < -0.4 is 10.1 Å². The number of carbonyl (C=O) groups is 1. The van der Waals surface area contributed by atoms with Gasteiger partial charge < -0.3 is 10.1 Å². The van der Waals surface area contributed by atoms with Gasteiger partial charge in [0.2, 0.25) is 0 Å². The van der Waals surface area contributed by atoms with E-state index in [9.17, 15) is 18.0 Å². The maximum Gasteiger partial charge on any atom is 0.573 e. The number of nitrogens with zero attached hydrogens (tertiary/aromatic N) is 5. The molecule has 0 saturated carbocycles. The molecule has 0 aliphatic carbocycles. The number of rotatable bonds is 6. The van der Waals surface area contributed by atoms with E-state index in [0.717, 1.165) is 0 Å². The van der Waals surface area contributed by atoms with Crippen LogP contribution in [0.4, 0.5) is 13.2 Å². The molecule has 0 aliphatic heterocycles. The molecule has 0 bridgehead atoms. The summed E-state index contributed by atoms with van der Waals surface area (Å²) in [6.45, 7) is 1.75. The van der Waals surface area contributed by atoms with Crippen LogP contribution in [0.1, 0.15) is 29.1 Å². The first-order valence-corrected chi connectivity index (χ1v) is 9.74. The van der Waals surface area contributed by atoms with Gasteiger partial charge in [0.25, 0.3) is 11.9 Å². The third-order valence-electron chi connectivity index (χ3n) is 4.60. The Morgan fingerprint density at radius 3 is 2.42 bits per heavy atom. The number of hydrogen-bond donors (Lipinski definition) is 1. The molecule has 0 radical (unpaired) electrons. The Bertz CT molecular complexity index is 1240. The van der Waals surface area contributed by atoms with E-state index >= 15 is 0 Å². The molecule has 33 heavy (non-hydrogen) atoms. The molecular formula is C22H17F3N6O2. The number of hydrogen-bond acceptors (Lipinski definition) is 6. The van der Waals surface area contributed by atoms with Crippen molar-refractivity contribution in [2.24, 2.45) is 0 Å². The Morgan fingerprint density at radius 2 is 1.73 bits per heavy atom. The first-order valence-electron chi connectivity index (χ1n) is 9.74. The van der Waals surface area contributed by atoms with Crippen molar-refractivity contribution in [1.82, 2.24) is 30.0 Å². The average Bonchev–Trinajstić information content (AvgIpc) is 3.29. The summed E-state index contributed by atoms with van der Waals surface area (Å²) in [5, 5.41) is 6.98. The number of nitrogens with one attached hydrogen (secondary N) is 1. The molecule has 0 aliphatic rings. The largest absolute Gasteiger partial charge is 0.573 e. The summed E-state index contributed by atoms with van der Waals surface area (Å²) >= 11 is 0. The molecule has 0 fully saturated rings. The Kier molecular flexibility index (Phi) is 6.03. The zero-order chi connectivity index (χ0) is 23.4. The molecule has 8 nitrogen and oxygen atoms in total. The lowest BCUT2D eigenvalue weighted by atomic mass is 10.0. The Balaban J connectivity index is 1.49. The summed E-state index contributed by atoms with van der Waals surface area (Å²) in [7, 11) is 0. The molecule has 11 heteroatoms. The van der Waals surface area contributed by atoms with Gasteiger partial charge in [-0.3, -0.25) is 4.79 Å². The van der Waals surface area contributed by atoms with Gasteiger partial charge in [-0.1, -0.05) is 24.3 Å². The van der Waals surface area contributed by atoms with Crippen LogP contribution in [0.2, 0.25) is 0 Å². The second-order valence-electron chi connectivity index (χ2n) is 6.93. The second-order valence-corrected chi connectivity index (χ2v) is 6.93. The molecule has 2 aromatic carbocycles. The van der Waals surface area contributed by atoms with Crippen LogP contribution in [0.25, 0.3) is 17.1 Å². The minimum Gasteiger partial charge on any atom is -0.406 e. The van der Waals surface area contributed by atoms with E-state index < -0.39 is 12.4 Å². The fourth-order valence-corrected chi connectivity index (χ4v) is 3.13. The summed E-state index contributed by atoms with van der Waals surface area (Å²) in [5.74, 6) is 0.0994. The van der Waals surface area contributed by atoms with Crippen molar-refractivity contribution in [3.63, 3.8) is 0 Å². The van der Waals surface area contributed by atoms with Crippen molar-refractivity contribution in [2.45, 2.75) is 19.3 Å². The Morgan fingerprint density at radius 1 is 1.00 bits per heavy atom. The van der Waals surface area contributed by atoms with Crippen LogP contribution in [-0.4, -0.2) is 37.0 Å². The molecule has 4 aromatic rings. The topological polar surface area (TPSA) is 94.8 Å². The highest BCUT2D eigenvalue weighted by Gasteiger charge is 2.31. The molecule has 168 valence electrons. The van der Waals surface area contributed by atoms with Gasteiger partial charge in [-0.15, -0.1) is 13.2 Å². The van der Waals surface area contributed by atoms with E-state index in [0.29, 0.717) is 28.5 Å². The number of carbonyl (C=O) groups excluding carboxylic acids is 1. The molecule has 4 rings (SSSR count). The number of amides is 1. The van der Waals surface area contributed by atoms with E-state index in [-0.39, 0.29) is 11.7 Å². The lowest BCUT2D eigenvalue weighted by Gasteiger charge is -2.14. The zero-order valence-corrected chi connectivity index (χ0v) is 17.2. The number of ether oxygens (including phenoxy) is 1. The molecule has 1 N–H and O–H groups in total. The lowest BCUT2D eigenvalue weighted by Crippen LogP contribution is -2.29. The lowest BCUT2D eigenvalue weighted by molar-refractivity contribution is -0.274. The van der Waals surface area contributed by atoms with E-state index in [4.69, 9.17) is 0 Å². The van der Waals surface area contributed by atoms with Gasteiger partial charge >= 0.3 is 6.36 Å². The summed E-state index contributed by atoms with van der Waals surface area (Å²) < 4.78 is 42.4. The summed E-state index contributed by atoms with van der Waals surface area (Å²) in [4.78, 5) is 25.3. The molecule has 2 heterocycles. The highest BCUT2D eigenvalue weighted by atomic mass is 19.4. The van der Waals surface area contributed by atoms with Gasteiger partial charge in [-0.25, -0.2) is 15.0 Å². The average molecular weight is 454 g/mol. The number of halogens is 3. The summed E-state index contributed by atoms with van der Waals surface area (Å²) in [6.07, 6.45) is -0.261. The SMILES string of the molecule is CC(NC(=O)c1cccc(-c2ccc(OC(F)(F)F)cc2)c1)c1ncnn1-c1ncccn1. The fourth-order valence-electron chi connectivity index (χ4n) is 3.13. The van der Waals surface area contributed by atoms with Crippen LogP contribution in [0, 0.1) is 0 Å². The van der Waals surface area contributed by atoms with Crippen LogP contribution in [0.5, 0.6) is 5.75 Å². The highest BCUT2D eigenvalue weighted by Crippen LogP contribution is 2.27. The van der Waals surface area contributed by atoms with Crippen molar-refractivity contribution < 1.29 is 22.7 Å². The first kappa shape index (κ1) is 21.9. The van der Waals surface area contributed by atoms with Gasteiger partial charge in [0.1, 0.15) is 12.1 Å². The molecule has 1 amide bonds. The van der Waals surface area contributed by atoms with E-state index in [1.807, 2.05) is 0 Å². The van der Waals surface area contributed by atoms with Crippen molar-refractivity contribution in [3.05, 3.63) is 84.7 Å². The smallest absolute Gasteiger partial charge is 0.406 e. The predicted molar refractivity (Wildman–Crippen MR) is 111 cm³/mol. The fraction of sp³-hybridized carbons (Fsp3) is 0.136. The third kappa shape index (κ3) is 5.32. The van der Waals surface area contributed by atoms with Gasteiger partial charge in [0.05, 0.1) is 6.04 Å². The van der Waals surface area contributed by atoms with Crippen molar-refractivity contribution in [1.29, 1.82) is 0 Å². The highest BCUT2D eigenvalue weighted by molar-refractivity contribution is 5.95. The van der Waals surface area contributed by atoms with E-state index in [2.05, 4.69) is 30.1 Å². The van der Waals surface area contributed by atoms with Gasteiger partial charge in [-0.05, 0) is 48.4 Å². The zero-order valence-electron chi connectivity index (χ0n) is 17.2. The van der Waals surface area contributed by atoms with E-state index in [1.54, 1.807) is 49.6 Å². The number of aromatic nitrogens is 5. The Labute approximate surface area is 186 Å². The maximum absolute atomic E-state index is 12.8. The quantitative estimate of drug-likeness (QED) is 0.471. The number of alkyl halides is 3. The van der Waals surface area contributed by atoms with Crippen LogP contribution >= 0.6 is 0 Å². The van der Waals surface area contributed by atoms with Crippen LogP contribution in [0.3, 0.4) is 0 Å². The maximum atomic E-state index is 12.8. The standard InChI is InChI=1S/C22H17F3N6O2/c1-14(19-28-13-29-31(19)21-26-10-3-11-27-21)30-20(32)17-5-2-4-16(12-17)15-6-8-18(9-7-15)33-22(23,24)25/h2-14H,1H3,(H,30,32). The van der Waals surface area contributed by atoms with Crippen molar-refractivity contribution >= 4 is 5.91 Å². The monoisotopic (exact) mass is 454 g/mol. The van der Waals surface area contributed by atoms with Crippen LogP contribution in [0.15, 0.2) is 73.3 Å². The molecular weight excluding hydrogens is 437 g/mol. The second kappa shape index (κ2) is 9.07. The first-order chi connectivity index (χ1) is 15.8. The van der Waals surface area contributed by atoms with Crippen molar-refractivity contribution in [3.8, 4) is 22.8 Å². The minimum atomic E-state index is -4.76. The Hall–Kier alpha value is -4.28. The summed E-state index contributed by atoms with van der Waals surface area (Å²) in [5.41, 5.74) is 1.67. The number of benzene rings is 2. The molecule has 1 unspecified atom stereocenters. The minimum absolute atomic E-state index is 0.319. The predicted octanol–water partition coefficient (Wildman–Crippen LogP) is 4.11. The van der Waals surface area contributed by atoms with Gasteiger partial charge in [-0.2, -0.15) is 9.78 Å². The molecule has 0 saturated heterocycles. The summed E-state index contributed by atoms with van der Waals surface area (Å²) in [6, 6.07) is 13.3. The van der Waals surface area contributed by atoms with Gasteiger partial charge in [0.15, 0.2) is 5.82 Å². The van der Waals surface area contributed by atoms with Crippen LogP contribution in [-0.2, 0) is 0 Å².